The molecule has 0 saturated heterocycles. The van der Waals surface area contributed by atoms with E-state index in [-0.39, 0.29) is 17.6 Å². The van der Waals surface area contributed by atoms with Crippen LogP contribution >= 0.6 is 0 Å². The van der Waals surface area contributed by atoms with E-state index in [9.17, 15) is 4.79 Å². The van der Waals surface area contributed by atoms with E-state index in [0.717, 1.165) is 47.7 Å². The molecule has 29 heavy (non-hydrogen) atoms. The number of nitrogens with zero attached hydrogens (tertiary/aromatic N) is 2. The van der Waals surface area contributed by atoms with Gasteiger partial charge < -0.3 is 21.4 Å². The van der Waals surface area contributed by atoms with Crippen LogP contribution in [0.1, 0.15) is 25.7 Å². The molecule has 4 aromatic rings. The minimum absolute atomic E-state index is 0.0997. The average molecular weight is 389 g/mol. The highest BCUT2D eigenvalue weighted by Crippen LogP contribution is 2.29. The lowest BCUT2D eigenvalue weighted by Gasteiger charge is -2.30. The van der Waals surface area contributed by atoms with Gasteiger partial charge in [0.1, 0.15) is 11.6 Å². The third-order valence-corrected chi connectivity index (χ3v) is 5.64. The molecule has 0 spiro atoms. The van der Waals surface area contributed by atoms with Gasteiger partial charge in [-0.3, -0.25) is 4.79 Å². The lowest BCUT2D eigenvalue weighted by Crippen LogP contribution is -2.42. The average Bonchev–Trinajstić information content (AvgIpc) is 3.20. The number of nitrogens with two attached hydrogens (primary N) is 1. The Hall–Kier alpha value is -3.39. The summed E-state index contributed by atoms with van der Waals surface area (Å²) in [5.74, 6) is 1.17. The molecule has 0 aliphatic heterocycles. The van der Waals surface area contributed by atoms with E-state index in [1.54, 1.807) is 6.20 Å². The zero-order chi connectivity index (χ0) is 19.8. The number of aromatic amines is 2. The second-order valence-electron chi connectivity index (χ2n) is 7.59. The van der Waals surface area contributed by atoms with Crippen LogP contribution in [-0.2, 0) is 0 Å². The zero-order valence-corrected chi connectivity index (χ0v) is 15.9. The molecule has 8 heteroatoms. The van der Waals surface area contributed by atoms with Gasteiger partial charge in [-0.2, -0.15) is 5.10 Å². The van der Waals surface area contributed by atoms with Crippen LogP contribution in [0, 0.1) is 0 Å². The standard InChI is InChI=1S/C21H23N7O/c22-14-5-1-2-6-15(14)25-17-10-13-11-24-28-21(29)18(13)20(27-17)26-16-7-3-4-12-8-9-23-19(12)16/h3-4,7-11,14-15,23H,1-2,5-6,22H2,(H,28,29)(H2,25,26,27)/t14-,15+/m0/s1. The van der Waals surface area contributed by atoms with Gasteiger partial charge in [-0.1, -0.05) is 25.0 Å². The first-order valence-corrected chi connectivity index (χ1v) is 9.93. The molecule has 0 bridgehead atoms. The van der Waals surface area contributed by atoms with E-state index in [2.05, 4.69) is 25.8 Å². The third kappa shape index (κ3) is 3.31. The van der Waals surface area contributed by atoms with Gasteiger partial charge in [-0.05, 0) is 31.0 Å². The molecular weight excluding hydrogens is 366 g/mol. The maximum absolute atomic E-state index is 12.5. The summed E-state index contributed by atoms with van der Waals surface area (Å²) >= 11 is 0. The summed E-state index contributed by atoms with van der Waals surface area (Å²) in [4.78, 5) is 20.5. The van der Waals surface area contributed by atoms with Crippen LogP contribution in [0.3, 0.4) is 0 Å². The minimum atomic E-state index is -0.280. The van der Waals surface area contributed by atoms with Crippen LogP contribution in [0.25, 0.3) is 21.7 Å². The largest absolute Gasteiger partial charge is 0.366 e. The van der Waals surface area contributed by atoms with Crippen molar-refractivity contribution in [1.29, 1.82) is 0 Å². The van der Waals surface area contributed by atoms with Crippen molar-refractivity contribution in [2.24, 2.45) is 5.73 Å². The van der Waals surface area contributed by atoms with Crippen molar-refractivity contribution in [2.75, 3.05) is 10.6 Å². The van der Waals surface area contributed by atoms with Gasteiger partial charge >= 0.3 is 0 Å². The molecule has 8 nitrogen and oxygen atoms in total. The molecule has 5 rings (SSSR count). The Morgan fingerprint density at radius 1 is 1.14 bits per heavy atom. The van der Waals surface area contributed by atoms with E-state index < -0.39 is 0 Å². The first kappa shape index (κ1) is 17.7. The first-order chi connectivity index (χ1) is 14.2. The number of para-hydroxylation sites is 1. The molecule has 0 amide bonds. The summed E-state index contributed by atoms with van der Waals surface area (Å²) in [7, 11) is 0. The molecule has 3 aromatic heterocycles. The van der Waals surface area contributed by atoms with Crippen LogP contribution in [-0.4, -0.2) is 32.2 Å². The fraction of sp³-hybridized carbons (Fsp3) is 0.286. The summed E-state index contributed by atoms with van der Waals surface area (Å²) in [6.07, 6.45) is 7.87. The highest BCUT2D eigenvalue weighted by molar-refractivity contribution is 5.98. The smallest absolute Gasteiger partial charge is 0.275 e. The van der Waals surface area contributed by atoms with Gasteiger partial charge in [0.15, 0.2) is 0 Å². The Morgan fingerprint density at radius 3 is 2.93 bits per heavy atom. The number of hydrogen-bond donors (Lipinski definition) is 5. The number of nitrogens with one attached hydrogen (secondary N) is 4. The number of rotatable bonds is 4. The summed E-state index contributed by atoms with van der Waals surface area (Å²) in [6.45, 7) is 0. The Labute approximate surface area is 166 Å². The van der Waals surface area contributed by atoms with Crippen molar-refractivity contribution < 1.29 is 0 Å². The lowest BCUT2D eigenvalue weighted by molar-refractivity contribution is 0.403. The van der Waals surface area contributed by atoms with Crippen molar-refractivity contribution in [3.63, 3.8) is 0 Å². The van der Waals surface area contributed by atoms with Crippen LogP contribution in [0.15, 0.2) is 47.5 Å². The molecule has 148 valence electrons. The Bertz CT molecular complexity index is 1230. The van der Waals surface area contributed by atoms with Crippen LogP contribution < -0.4 is 21.9 Å². The van der Waals surface area contributed by atoms with E-state index in [0.29, 0.717) is 17.0 Å². The molecule has 1 aromatic carbocycles. The molecule has 1 aliphatic carbocycles. The fourth-order valence-corrected chi connectivity index (χ4v) is 4.13. The number of H-pyrrole nitrogens is 2. The summed E-state index contributed by atoms with van der Waals surface area (Å²) in [6, 6.07) is 10.1. The monoisotopic (exact) mass is 389 g/mol. The lowest BCUT2D eigenvalue weighted by atomic mass is 9.91. The van der Waals surface area contributed by atoms with E-state index in [1.807, 2.05) is 36.5 Å². The van der Waals surface area contributed by atoms with Gasteiger partial charge in [0.05, 0.1) is 22.8 Å². The second kappa shape index (κ2) is 7.21. The van der Waals surface area contributed by atoms with Crippen LogP contribution in [0.5, 0.6) is 0 Å². The van der Waals surface area contributed by atoms with Crippen LogP contribution in [0.2, 0.25) is 0 Å². The maximum atomic E-state index is 12.5. The van der Waals surface area contributed by atoms with Gasteiger partial charge in [-0.15, -0.1) is 0 Å². The van der Waals surface area contributed by atoms with Gasteiger partial charge in [0.2, 0.25) is 0 Å². The number of fused-ring (bicyclic) bond motifs is 2. The SMILES string of the molecule is N[C@H]1CCCC[C@H]1Nc1cc2cn[nH]c(=O)c2c(Nc2cccc3cc[nH]c23)n1. The predicted octanol–water partition coefficient (Wildman–Crippen LogP) is 3.22. The quantitative estimate of drug-likeness (QED) is 0.365. The molecule has 0 unspecified atom stereocenters. The van der Waals surface area contributed by atoms with Crippen molar-refractivity contribution in [2.45, 2.75) is 37.8 Å². The summed E-state index contributed by atoms with van der Waals surface area (Å²) < 4.78 is 0. The number of anilines is 3. The topological polar surface area (TPSA) is 125 Å². The molecule has 6 N–H and O–H groups in total. The molecular formula is C21H23N7O. The highest BCUT2D eigenvalue weighted by Gasteiger charge is 2.22. The molecule has 1 aliphatic rings. The Kier molecular flexibility index (Phi) is 4.40. The van der Waals surface area contributed by atoms with Gasteiger partial charge in [0, 0.05) is 29.1 Å². The molecule has 3 heterocycles. The van der Waals surface area contributed by atoms with E-state index in [1.165, 1.54) is 0 Å². The van der Waals surface area contributed by atoms with E-state index >= 15 is 0 Å². The van der Waals surface area contributed by atoms with Gasteiger partial charge in [-0.25, -0.2) is 10.1 Å². The fourth-order valence-electron chi connectivity index (χ4n) is 4.13. The van der Waals surface area contributed by atoms with Crippen molar-refractivity contribution in [3.05, 3.63) is 53.1 Å². The van der Waals surface area contributed by atoms with Crippen molar-refractivity contribution in [3.8, 4) is 0 Å². The summed E-state index contributed by atoms with van der Waals surface area (Å²) in [5, 5.41) is 15.6. The van der Waals surface area contributed by atoms with Gasteiger partial charge in [0.25, 0.3) is 5.56 Å². The normalized spacial score (nSPS) is 19.5. The zero-order valence-electron chi connectivity index (χ0n) is 15.9. The second-order valence-corrected chi connectivity index (χ2v) is 7.59. The number of aromatic nitrogens is 4. The number of benzene rings is 1. The molecule has 1 saturated carbocycles. The Balaban J connectivity index is 1.59. The van der Waals surface area contributed by atoms with Crippen molar-refractivity contribution in [1.82, 2.24) is 20.2 Å². The highest BCUT2D eigenvalue weighted by atomic mass is 16.1. The molecule has 1 fully saturated rings. The summed E-state index contributed by atoms with van der Waals surface area (Å²) in [5.41, 5.74) is 7.83. The Morgan fingerprint density at radius 2 is 2.03 bits per heavy atom. The number of pyridine rings is 1. The third-order valence-electron chi connectivity index (χ3n) is 5.64. The minimum Gasteiger partial charge on any atom is -0.366 e. The maximum Gasteiger partial charge on any atom is 0.275 e. The van der Waals surface area contributed by atoms with Crippen LogP contribution in [0.4, 0.5) is 17.3 Å². The molecule has 2 atom stereocenters. The number of hydrogen-bond acceptors (Lipinski definition) is 6. The predicted molar refractivity (Wildman–Crippen MR) is 116 cm³/mol. The van der Waals surface area contributed by atoms with E-state index in [4.69, 9.17) is 10.7 Å². The first-order valence-electron chi connectivity index (χ1n) is 9.93. The van der Waals surface area contributed by atoms with Crippen molar-refractivity contribution >= 4 is 39.0 Å². The molecule has 0 radical (unpaired) electrons.